The summed E-state index contributed by atoms with van der Waals surface area (Å²) in [5.41, 5.74) is 6.66. The number of ether oxygens (including phenoxy) is 2. The van der Waals surface area contributed by atoms with E-state index in [1.54, 1.807) is 38.1 Å². The number of nitrogens with two attached hydrogens (primary N) is 1. The molecule has 3 N–H and O–H groups in total. The number of benzene rings is 2. The molecule has 0 bridgehead atoms. The van der Waals surface area contributed by atoms with Crippen LogP contribution in [0.1, 0.15) is 19.4 Å². The molecule has 3 aromatic rings. The van der Waals surface area contributed by atoms with Crippen molar-refractivity contribution in [1.29, 1.82) is 5.26 Å². The Morgan fingerprint density at radius 1 is 1.21 bits per heavy atom. The van der Waals surface area contributed by atoms with Gasteiger partial charge in [0.2, 0.25) is 17.6 Å². The molecular formula is C19H18F2N6O2. The lowest BCUT2D eigenvalue weighted by molar-refractivity contribution is 0.216. The summed E-state index contributed by atoms with van der Waals surface area (Å²) in [6.07, 6.45) is -0.405. The molecule has 8 nitrogen and oxygen atoms in total. The molecule has 0 spiro atoms. The molecule has 2 aromatic carbocycles. The van der Waals surface area contributed by atoms with Crippen molar-refractivity contribution < 1.29 is 18.3 Å². The van der Waals surface area contributed by atoms with Crippen LogP contribution in [0, 0.1) is 23.0 Å². The summed E-state index contributed by atoms with van der Waals surface area (Å²) in [6, 6.07) is 9.38. The van der Waals surface area contributed by atoms with Crippen LogP contribution in [-0.2, 0) is 0 Å². The molecule has 1 aromatic heterocycles. The van der Waals surface area contributed by atoms with Crippen LogP contribution in [0.5, 0.6) is 11.5 Å². The summed E-state index contributed by atoms with van der Waals surface area (Å²) in [4.78, 5) is 4.02. The van der Waals surface area contributed by atoms with Crippen LogP contribution in [0.15, 0.2) is 30.3 Å². The third-order valence-corrected chi connectivity index (χ3v) is 3.81. The predicted octanol–water partition coefficient (Wildman–Crippen LogP) is 3.54. The van der Waals surface area contributed by atoms with Gasteiger partial charge in [-0.3, -0.25) is 0 Å². The van der Waals surface area contributed by atoms with Gasteiger partial charge in [0, 0.05) is 6.07 Å². The minimum Gasteiger partial charge on any atom is -0.490 e. The quantitative estimate of drug-likeness (QED) is 0.651. The van der Waals surface area contributed by atoms with Crippen molar-refractivity contribution in [3.05, 3.63) is 47.5 Å². The van der Waals surface area contributed by atoms with Crippen molar-refractivity contribution in [1.82, 2.24) is 14.8 Å². The topological polar surface area (TPSA) is 111 Å². The Balaban J connectivity index is 1.96. The minimum atomic E-state index is -0.856. The Hall–Kier alpha value is -3.87. The lowest BCUT2D eigenvalue weighted by atomic mass is 10.2. The molecule has 0 saturated carbocycles. The van der Waals surface area contributed by atoms with Crippen LogP contribution in [0.25, 0.3) is 5.69 Å². The zero-order valence-electron chi connectivity index (χ0n) is 15.9. The number of aromatic nitrogens is 3. The second-order valence-electron chi connectivity index (χ2n) is 6.24. The third kappa shape index (κ3) is 4.03. The van der Waals surface area contributed by atoms with E-state index in [2.05, 4.69) is 15.4 Å². The number of nitriles is 1. The number of nitrogen functional groups attached to an aromatic ring is 1. The minimum absolute atomic E-state index is 0.0188. The summed E-state index contributed by atoms with van der Waals surface area (Å²) in [7, 11) is 1.22. The van der Waals surface area contributed by atoms with E-state index in [4.69, 9.17) is 20.5 Å². The van der Waals surface area contributed by atoms with Crippen LogP contribution in [0.3, 0.4) is 0 Å². The van der Waals surface area contributed by atoms with E-state index in [0.29, 0.717) is 11.3 Å². The largest absolute Gasteiger partial charge is 0.490 e. The fourth-order valence-electron chi connectivity index (χ4n) is 2.57. The first-order chi connectivity index (χ1) is 13.8. The Kier molecular flexibility index (Phi) is 5.50. The van der Waals surface area contributed by atoms with Gasteiger partial charge in [-0.05, 0) is 38.1 Å². The van der Waals surface area contributed by atoms with Gasteiger partial charge >= 0.3 is 0 Å². The molecule has 0 fully saturated rings. The molecule has 0 unspecified atom stereocenters. The van der Waals surface area contributed by atoms with Gasteiger partial charge < -0.3 is 20.5 Å². The number of halogens is 2. The number of nitrogens with zero attached hydrogens (tertiary/aromatic N) is 4. The van der Waals surface area contributed by atoms with Gasteiger partial charge in [0.15, 0.2) is 17.4 Å². The highest BCUT2D eigenvalue weighted by Gasteiger charge is 2.23. The number of nitrogens with one attached hydrogen (secondary N) is 1. The van der Waals surface area contributed by atoms with Gasteiger partial charge in [0.05, 0.1) is 36.2 Å². The van der Waals surface area contributed by atoms with Crippen molar-refractivity contribution >= 4 is 17.6 Å². The summed E-state index contributed by atoms with van der Waals surface area (Å²) in [6.45, 7) is 3.36. The van der Waals surface area contributed by atoms with Crippen molar-refractivity contribution in [2.75, 3.05) is 18.2 Å². The molecule has 0 aliphatic rings. The summed E-state index contributed by atoms with van der Waals surface area (Å²) < 4.78 is 40.8. The fourth-order valence-corrected chi connectivity index (χ4v) is 2.57. The normalized spacial score (nSPS) is 10.7. The van der Waals surface area contributed by atoms with Gasteiger partial charge in [0.25, 0.3) is 0 Å². The molecular weight excluding hydrogens is 382 g/mol. The van der Waals surface area contributed by atoms with Gasteiger partial charge in [-0.25, -0.2) is 8.78 Å². The number of hydrogen-bond donors (Lipinski definition) is 2. The number of hydrogen-bond acceptors (Lipinski definition) is 7. The Morgan fingerprint density at radius 2 is 1.90 bits per heavy atom. The van der Waals surface area contributed by atoms with Crippen LogP contribution < -0.4 is 20.5 Å². The molecule has 3 rings (SSSR count). The predicted molar refractivity (Wildman–Crippen MR) is 102 cm³/mol. The van der Waals surface area contributed by atoms with E-state index >= 15 is 0 Å². The Bertz CT molecular complexity index is 1070. The highest BCUT2D eigenvalue weighted by atomic mass is 19.1. The second-order valence-corrected chi connectivity index (χ2v) is 6.24. The van der Waals surface area contributed by atoms with Gasteiger partial charge in [-0.2, -0.15) is 14.9 Å². The number of rotatable bonds is 6. The highest BCUT2D eigenvalue weighted by molar-refractivity contribution is 5.62. The zero-order chi connectivity index (χ0) is 21.1. The van der Waals surface area contributed by atoms with E-state index in [0.717, 1.165) is 6.07 Å². The molecule has 0 aliphatic heterocycles. The van der Waals surface area contributed by atoms with E-state index in [9.17, 15) is 8.78 Å². The maximum absolute atomic E-state index is 14.9. The van der Waals surface area contributed by atoms with Crippen LogP contribution in [-0.4, -0.2) is 28.0 Å². The Labute approximate surface area is 165 Å². The first-order valence-corrected chi connectivity index (χ1v) is 8.56. The van der Waals surface area contributed by atoms with Crippen LogP contribution in [0.4, 0.5) is 26.4 Å². The van der Waals surface area contributed by atoms with Gasteiger partial charge in [-0.1, -0.05) is 0 Å². The molecule has 29 heavy (non-hydrogen) atoms. The molecule has 0 amide bonds. The summed E-state index contributed by atoms with van der Waals surface area (Å²) in [5, 5.41) is 15.6. The molecule has 0 atom stereocenters. The smallest absolute Gasteiger partial charge is 0.248 e. The lowest BCUT2D eigenvalue weighted by Crippen LogP contribution is -2.10. The molecule has 150 valence electrons. The molecule has 0 saturated heterocycles. The fraction of sp³-hybridized carbons (Fsp3) is 0.211. The summed E-state index contributed by atoms with van der Waals surface area (Å²) in [5.74, 6) is -2.39. The van der Waals surface area contributed by atoms with Crippen LogP contribution >= 0.6 is 0 Å². The monoisotopic (exact) mass is 400 g/mol. The first-order valence-electron chi connectivity index (χ1n) is 8.56. The van der Waals surface area contributed by atoms with Crippen molar-refractivity contribution in [3.8, 4) is 23.3 Å². The van der Waals surface area contributed by atoms with Crippen molar-refractivity contribution in [2.24, 2.45) is 0 Å². The second kappa shape index (κ2) is 8.02. The zero-order valence-corrected chi connectivity index (χ0v) is 15.9. The number of methoxy groups -OCH3 is 1. The van der Waals surface area contributed by atoms with Gasteiger partial charge in [0.1, 0.15) is 0 Å². The number of anilines is 3. The van der Waals surface area contributed by atoms with Crippen molar-refractivity contribution in [3.63, 3.8) is 0 Å². The molecule has 10 heteroatoms. The van der Waals surface area contributed by atoms with E-state index < -0.39 is 17.7 Å². The van der Waals surface area contributed by atoms with E-state index in [-0.39, 0.29) is 29.1 Å². The maximum atomic E-state index is 14.9. The highest BCUT2D eigenvalue weighted by Crippen LogP contribution is 2.39. The first kappa shape index (κ1) is 19.9. The summed E-state index contributed by atoms with van der Waals surface area (Å²) >= 11 is 0. The SMILES string of the molecule is COc1c(F)cc(Nc2nc(N)n(-c3ccc(C#N)cc3)n2)c(F)c1OC(C)C. The Morgan fingerprint density at radius 3 is 2.48 bits per heavy atom. The van der Waals surface area contributed by atoms with E-state index in [1.165, 1.54) is 11.8 Å². The molecule has 1 heterocycles. The van der Waals surface area contributed by atoms with Crippen molar-refractivity contribution in [2.45, 2.75) is 20.0 Å². The van der Waals surface area contributed by atoms with Gasteiger partial charge in [-0.15, -0.1) is 5.10 Å². The maximum Gasteiger partial charge on any atom is 0.248 e. The standard InChI is InChI=1S/C19H18F2N6O2/c1-10(2)29-17-15(21)14(8-13(20)16(17)28-3)24-19-25-18(23)27(26-19)12-6-4-11(9-22)5-7-12/h4-8,10H,1-3H3,(H3,23,24,25,26). The lowest BCUT2D eigenvalue weighted by Gasteiger charge is -2.17. The third-order valence-electron chi connectivity index (χ3n) is 3.81. The average molecular weight is 400 g/mol. The van der Waals surface area contributed by atoms with E-state index in [1.807, 2.05) is 6.07 Å². The van der Waals surface area contributed by atoms with Crippen LogP contribution in [0.2, 0.25) is 0 Å². The molecule has 0 radical (unpaired) electrons. The average Bonchev–Trinajstić information content (AvgIpc) is 3.05. The molecule has 0 aliphatic carbocycles.